The Balaban J connectivity index is 1.74. The summed E-state index contributed by atoms with van der Waals surface area (Å²) in [4.78, 5) is 15.0. The number of carboxylic acid groups (broad SMARTS) is 1. The van der Waals surface area contributed by atoms with Crippen LogP contribution < -0.4 is 14.8 Å². The van der Waals surface area contributed by atoms with Gasteiger partial charge in [-0.1, -0.05) is 18.2 Å². The largest absolute Gasteiger partial charge is 0.493 e. The van der Waals surface area contributed by atoms with Crippen LogP contribution in [-0.4, -0.2) is 29.4 Å². The van der Waals surface area contributed by atoms with Crippen molar-refractivity contribution in [2.75, 3.05) is 12.4 Å². The first kappa shape index (κ1) is 21.4. The lowest BCUT2D eigenvalue weighted by Gasteiger charge is -2.18. The van der Waals surface area contributed by atoms with Gasteiger partial charge in [0.1, 0.15) is 0 Å². The Morgan fingerprint density at radius 2 is 1.69 bits per heavy atom. The second-order valence-electron chi connectivity index (χ2n) is 7.74. The molecule has 6 nitrogen and oxygen atoms in total. The van der Waals surface area contributed by atoms with E-state index in [0.29, 0.717) is 11.4 Å². The second-order valence-corrected chi connectivity index (χ2v) is 7.74. The number of hydrogen-bond acceptors (Lipinski definition) is 4. The summed E-state index contributed by atoms with van der Waals surface area (Å²) in [5.41, 5.74) is 4.45. The molecule has 3 aromatic rings. The third-order valence-electron chi connectivity index (χ3n) is 5.53. The van der Waals surface area contributed by atoms with Crippen molar-refractivity contribution in [2.24, 2.45) is 0 Å². The molecule has 1 saturated carbocycles. The van der Waals surface area contributed by atoms with Crippen molar-refractivity contribution in [1.29, 1.82) is 0 Å². The number of nitrogens with zero attached hydrogens (tertiary/aromatic N) is 1. The molecular formula is C26H26N2O4. The van der Waals surface area contributed by atoms with Gasteiger partial charge in [-0.3, -0.25) is 10.3 Å². The Hall–Kier alpha value is -3.80. The van der Waals surface area contributed by atoms with E-state index in [1.54, 1.807) is 31.6 Å². The van der Waals surface area contributed by atoms with Crippen molar-refractivity contribution in [3.8, 4) is 11.5 Å². The molecule has 2 N–H and O–H groups in total. The molecule has 0 spiro atoms. The number of rotatable bonds is 7. The number of anilines is 1. The van der Waals surface area contributed by atoms with E-state index in [9.17, 15) is 4.79 Å². The highest BCUT2D eigenvalue weighted by molar-refractivity contribution is 5.92. The number of nitrogens with one attached hydrogen (secondary N) is 1. The lowest BCUT2D eigenvalue weighted by Crippen LogP contribution is -2.11. The molecule has 0 saturated heterocycles. The van der Waals surface area contributed by atoms with Crippen LogP contribution in [0.5, 0.6) is 11.5 Å². The van der Waals surface area contributed by atoms with E-state index < -0.39 is 6.09 Å². The summed E-state index contributed by atoms with van der Waals surface area (Å²) in [6, 6.07) is 17.2. The van der Waals surface area contributed by atoms with Crippen molar-refractivity contribution in [3.05, 3.63) is 83.7 Å². The average molecular weight is 431 g/mol. The highest BCUT2D eigenvalue weighted by Crippen LogP contribution is 2.36. The molecule has 1 aliphatic carbocycles. The van der Waals surface area contributed by atoms with Crippen LogP contribution >= 0.6 is 0 Å². The van der Waals surface area contributed by atoms with E-state index in [4.69, 9.17) is 14.6 Å². The second kappa shape index (κ2) is 10.0. The highest BCUT2D eigenvalue weighted by atomic mass is 16.5. The van der Waals surface area contributed by atoms with Crippen LogP contribution in [0.2, 0.25) is 0 Å². The number of ether oxygens (including phenoxy) is 2. The number of methoxy groups -OCH3 is 1. The smallest absolute Gasteiger partial charge is 0.409 e. The van der Waals surface area contributed by atoms with E-state index in [-0.39, 0.29) is 6.10 Å². The molecule has 0 unspecified atom stereocenters. The molecule has 2 aromatic carbocycles. The van der Waals surface area contributed by atoms with E-state index in [2.05, 4.69) is 16.4 Å². The maximum atomic E-state index is 10.9. The van der Waals surface area contributed by atoms with Crippen LogP contribution in [0.15, 0.2) is 67.0 Å². The molecule has 0 aliphatic heterocycles. The Labute approximate surface area is 187 Å². The summed E-state index contributed by atoms with van der Waals surface area (Å²) in [6.07, 6.45) is 9.23. The topological polar surface area (TPSA) is 80.7 Å². The zero-order chi connectivity index (χ0) is 22.3. The van der Waals surface area contributed by atoms with Crippen molar-refractivity contribution in [2.45, 2.75) is 31.8 Å². The van der Waals surface area contributed by atoms with Gasteiger partial charge in [-0.05, 0) is 90.4 Å². The van der Waals surface area contributed by atoms with E-state index >= 15 is 0 Å². The number of pyridine rings is 1. The minimum Gasteiger partial charge on any atom is -0.493 e. The van der Waals surface area contributed by atoms with Gasteiger partial charge in [0.25, 0.3) is 0 Å². The standard InChI is InChI=1S/C26H26N2O4/c1-31-24-11-8-20(17-25(24)32-22-4-2-3-5-22)23(16-18-12-14-27-15-13-18)19-6-9-21(10-7-19)28-26(29)30/h6-17,22,28H,2-5H2,1H3,(H,29,30)/b23-16+. The fourth-order valence-corrected chi connectivity index (χ4v) is 3.94. The molecule has 0 atom stereocenters. The van der Waals surface area contributed by atoms with Gasteiger partial charge < -0.3 is 14.6 Å². The van der Waals surface area contributed by atoms with Crippen molar-refractivity contribution < 1.29 is 19.4 Å². The minimum atomic E-state index is -1.09. The molecule has 1 fully saturated rings. The number of carbonyl (C=O) groups is 1. The van der Waals surface area contributed by atoms with Crippen LogP contribution in [-0.2, 0) is 0 Å². The van der Waals surface area contributed by atoms with E-state index in [1.165, 1.54) is 12.8 Å². The monoisotopic (exact) mass is 430 g/mol. The normalized spacial score (nSPS) is 14.2. The molecular weight excluding hydrogens is 404 g/mol. The molecule has 6 heteroatoms. The van der Waals surface area contributed by atoms with Gasteiger partial charge in [0.05, 0.1) is 13.2 Å². The molecule has 164 valence electrons. The van der Waals surface area contributed by atoms with E-state index in [0.717, 1.165) is 40.9 Å². The van der Waals surface area contributed by atoms with Crippen molar-refractivity contribution in [3.63, 3.8) is 0 Å². The van der Waals surface area contributed by atoms with Gasteiger partial charge in [0.2, 0.25) is 0 Å². The fraction of sp³-hybridized carbons (Fsp3) is 0.231. The van der Waals surface area contributed by atoms with Crippen LogP contribution in [0.25, 0.3) is 11.6 Å². The Kier molecular flexibility index (Phi) is 6.70. The first-order valence-corrected chi connectivity index (χ1v) is 10.7. The molecule has 1 aliphatic rings. The van der Waals surface area contributed by atoms with Gasteiger partial charge in [0.15, 0.2) is 11.5 Å². The van der Waals surface area contributed by atoms with Crippen molar-refractivity contribution >= 4 is 23.4 Å². The summed E-state index contributed by atoms with van der Waals surface area (Å²) in [7, 11) is 1.65. The Bertz CT molecular complexity index is 1090. The van der Waals surface area contributed by atoms with Gasteiger partial charge >= 0.3 is 6.09 Å². The maximum absolute atomic E-state index is 10.9. The first-order chi connectivity index (χ1) is 15.6. The van der Waals surface area contributed by atoms with Crippen LogP contribution in [0.3, 0.4) is 0 Å². The minimum absolute atomic E-state index is 0.216. The van der Waals surface area contributed by atoms with Gasteiger partial charge in [-0.2, -0.15) is 0 Å². The van der Waals surface area contributed by atoms with Gasteiger partial charge in [-0.25, -0.2) is 4.79 Å². The zero-order valence-corrected chi connectivity index (χ0v) is 18.0. The molecule has 1 amide bonds. The predicted octanol–water partition coefficient (Wildman–Crippen LogP) is 6.09. The van der Waals surface area contributed by atoms with Gasteiger partial charge in [-0.15, -0.1) is 0 Å². The summed E-state index contributed by atoms with van der Waals surface area (Å²) in [6.45, 7) is 0. The third-order valence-corrected chi connectivity index (χ3v) is 5.53. The number of aromatic nitrogens is 1. The summed E-state index contributed by atoms with van der Waals surface area (Å²) >= 11 is 0. The number of amides is 1. The third kappa shape index (κ3) is 5.27. The Morgan fingerprint density at radius 3 is 2.34 bits per heavy atom. The lowest BCUT2D eigenvalue weighted by molar-refractivity contribution is 0.200. The van der Waals surface area contributed by atoms with Crippen LogP contribution in [0.1, 0.15) is 42.4 Å². The molecule has 1 aromatic heterocycles. The summed E-state index contributed by atoms with van der Waals surface area (Å²) < 4.78 is 11.9. The Morgan fingerprint density at radius 1 is 1.00 bits per heavy atom. The maximum Gasteiger partial charge on any atom is 0.409 e. The van der Waals surface area contributed by atoms with E-state index in [1.807, 2.05) is 42.5 Å². The lowest BCUT2D eigenvalue weighted by atomic mass is 9.95. The predicted molar refractivity (Wildman–Crippen MR) is 125 cm³/mol. The zero-order valence-electron chi connectivity index (χ0n) is 18.0. The fourth-order valence-electron chi connectivity index (χ4n) is 3.94. The van der Waals surface area contributed by atoms with Crippen LogP contribution in [0.4, 0.5) is 10.5 Å². The van der Waals surface area contributed by atoms with Crippen LogP contribution in [0, 0.1) is 0 Å². The first-order valence-electron chi connectivity index (χ1n) is 10.7. The molecule has 1 heterocycles. The average Bonchev–Trinajstić information content (AvgIpc) is 3.32. The highest BCUT2D eigenvalue weighted by Gasteiger charge is 2.19. The molecule has 0 bridgehead atoms. The molecule has 0 radical (unpaired) electrons. The quantitative estimate of drug-likeness (QED) is 0.474. The SMILES string of the molecule is COc1ccc(/C(=C/c2ccncc2)c2ccc(NC(=O)O)cc2)cc1OC1CCCC1. The van der Waals surface area contributed by atoms with Crippen molar-refractivity contribution in [1.82, 2.24) is 4.98 Å². The summed E-state index contributed by atoms with van der Waals surface area (Å²) in [5.74, 6) is 1.45. The van der Waals surface area contributed by atoms with Gasteiger partial charge in [0, 0.05) is 18.1 Å². The molecule has 32 heavy (non-hydrogen) atoms. The number of hydrogen-bond donors (Lipinski definition) is 2. The summed E-state index contributed by atoms with van der Waals surface area (Å²) in [5, 5.41) is 11.3. The number of benzene rings is 2. The molecule has 4 rings (SSSR count).